The summed E-state index contributed by atoms with van der Waals surface area (Å²) in [4.78, 5) is 72.5. The van der Waals surface area contributed by atoms with E-state index in [0.29, 0.717) is 29.0 Å². The van der Waals surface area contributed by atoms with Crippen molar-refractivity contribution in [3.8, 4) is 16.9 Å². The minimum absolute atomic E-state index is 0.0325. The fourth-order valence-electron chi connectivity index (χ4n) is 9.73. The number of hydrogen-bond acceptors (Lipinski definition) is 8. The normalized spacial score (nSPS) is 19.5. The van der Waals surface area contributed by atoms with Gasteiger partial charge in [-0.25, -0.2) is 4.79 Å². The summed E-state index contributed by atoms with van der Waals surface area (Å²) in [6.07, 6.45) is 7.41. The highest BCUT2D eigenvalue weighted by Crippen LogP contribution is 2.49. The predicted molar refractivity (Wildman–Crippen MR) is 236 cm³/mol. The van der Waals surface area contributed by atoms with Crippen LogP contribution in [0, 0.1) is 11.8 Å². The maximum absolute atomic E-state index is 14.7. The molecule has 3 aliphatic carbocycles. The number of fused-ring (bicyclic) bond motifs is 8. The largest absolute Gasteiger partial charge is 0.448 e. The smallest absolute Gasteiger partial charge is 0.410 e. The van der Waals surface area contributed by atoms with Crippen molar-refractivity contribution in [2.45, 2.75) is 32.1 Å². The van der Waals surface area contributed by atoms with Gasteiger partial charge in [-0.3, -0.25) is 24.1 Å². The number of amides is 3. The van der Waals surface area contributed by atoms with Gasteiger partial charge in [0.1, 0.15) is 31.2 Å². The number of ether oxygens (including phenoxy) is 3. The van der Waals surface area contributed by atoms with Crippen molar-refractivity contribution in [1.29, 1.82) is 0 Å². The summed E-state index contributed by atoms with van der Waals surface area (Å²) >= 11 is 13.1. The van der Waals surface area contributed by atoms with Gasteiger partial charge >= 0.3 is 18.0 Å². The number of alkyl halides is 2. The SMILES string of the molecule is CC(=O)OC1=CC2=C(C3=CC=CCC13)[C@H](CCl)CN2C(=O)CN(CC(=O)N1C[C@@H](CCl)c2c1cc(OC(C)=O)c1ccccc21)C(=O)OCC1c2ccccc2-c2ccccc21. The lowest BCUT2D eigenvalue weighted by Crippen LogP contribution is -2.48. The summed E-state index contributed by atoms with van der Waals surface area (Å²) < 4.78 is 17.4. The molecule has 0 saturated heterocycles. The zero-order valence-corrected chi connectivity index (χ0v) is 35.7. The van der Waals surface area contributed by atoms with Crippen LogP contribution in [0.15, 0.2) is 126 Å². The molecule has 316 valence electrons. The van der Waals surface area contributed by atoms with Gasteiger partial charge in [-0.05, 0) is 50.8 Å². The van der Waals surface area contributed by atoms with Crippen LogP contribution in [0.5, 0.6) is 5.75 Å². The van der Waals surface area contributed by atoms with E-state index >= 15 is 0 Å². The first kappa shape index (κ1) is 41.2. The third kappa shape index (κ3) is 7.36. The lowest BCUT2D eigenvalue weighted by Gasteiger charge is -2.31. The average molecular weight is 873 g/mol. The van der Waals surface area contributed by atoms with E-state index in [2.05, 4.69) is 0 Å². The van der Waals surface area contributed by atoms with Gasteiger partial charge in [-0.15, -0.1) is 23.2 Å². The quantitative estimate of drug-likeness (QED) is 0.0883. The van der Waals surface area contributed by atoms with Gasteiger partial charge in [-0.2, -0.15) is 0 Å². The molecule has 0 spiro atoms. The molecule has 4 aromatic carbocycles. The number of benzene rings is 4. The maximum atomic E-state index is 14.7. The first-order valence-electron chi connectivity index (χ1n) is 20.6. The second kappa shape index (κ2) is 16.9. The molecule has 0 radical (unpaired) electrons. The molecule has 1 unspecified atom stereocenters. The molecule has 13 heteroatoms. The lowest BCUT2D eigenvalue weighted by atomic mass is 9.78. The van der Waals surface area contributed by atoms with E-state index in [-0.39, 0.29) is 60.9 Å². The van der Waals surface area contributed by atoms with E-state index in [4.69, 9.17) is 37.4 Å². The minimum Gasteiger partial charge on any atom is -0.448 e. The zero-order valence-electron chi connectivity index (χ0n) is 34.1. The highest BCUT2D eigenvalue weighted by molar-refractivity contribution is 6.19. The second-order valence-corrected chi connectivity index (χ2v) is 16.7. The Kier molecular flexibility index (Phi) is 11.3. The maximum Gasteiger partial charge on any atom is 0.410 e. The van der Waals surface area contributed by atoms with Crippen LogP contribution in [0.4, 0.5) is 10.5 Å². The fourth-order valence-corrected chi connectivity index (χ4v) is 10.2. The molecule has 0 N–H and O–H groups in total. The molecule has 2 heterocycles. The summed E-state index contributed by atoms with van der Waals surface area (Å²) in [5, 5.41) is 1.49. The van der Waals surface area contributed by atoms with E-state index in [1.165, 1.54) is 18.7 Å². The minimum atomic E-state index is -0.844. The van der Waals surface area contributed by atoms with Gasteiger partial charge < -0.3 is 24.0 Å². The molecule has 3 atom stereocenters. The highest BCUT2D eigenvalue weighted by Gasteiger charge is 2.43. The van der Waals surface area contributed by atoms with Crippen molar-refractivity contribution in [2.24, 2.45) is 11.8 Å². The standard InChI is InChI=1S/C49H43Cl2N3O8/c1-28(55)61-43-19-41-47(38-17-9-7-15-36(38)43)30(21-50)23-53(41)45(57)25-52(49(59)60-27-40-34-13-5-3-11-32(34)33-12-4-6-14-35(33)40)26-46(58)54-24-31(22-51)48-39-18-10-8-16-37(39)44(20-42(48)54)62-29(2)56/h3-15,17-20,30-31,37,40H,16,21-27H2,1-2H3/t30-,31-,37?/m1/s1. The van der Waals surface area contributed by atoms with Gasteiger partial charge in [0.05, 0.1) is 11.4 Å². The van der Waals surface area contributed by atoms with Crippen molar-refractivity contribution in [2.75, 3.05) is 49.4 Å². The van der Waals surface area contributed by atoms with Crippen LogP contribution in [0.3, 0.4) is 0 Å². The van der Waals surface area contributed by atoms with Crippen LogP contribution in [0.25, 0.3) is 21.9 Å². The average Bonchev–Trinajstić information content (AvgIpc) is 3.95. The van der Waals surface area contributed by atoms with Crippen molar-refractivity contribution in [1.82, 2.24) is 9.80 Å². The second-order valence-electron chi connectivity index (χ2n) is 16.1. The molecule has 5 aliphatic rings. The van der Waals surface area contributed by atoms with Gasteiger partial charge in [0, 0.05) is 79.9 Å². The van der Waals surface area contributed by atoms with E-state index in [0.717, 1.165) is 49.2 Å². The van der Waals surface area contributed by atoms with Gasteiger partial charge in [0.2, 0.25) is 11.8 Å². The number of rotatable bonds is 10. The summed E-state index contributed by atoms with van der Waals surface area (Å²) in [6, 6.07) is 25.1. The van der Waals surface area contributed by atoms with Gasteiger partial charge in [0.15, 0.2) is 0 Å². The molecule has 2 aliphatic heterocycles. The molecule has 0 fully saturated rings. The number of nitrogens with zero attached hydrogens (tertiary/aromatic N) is 3. The number of halogens is 2. The van der Waals surface area contributed by atoms with Crippen LogP contribution in [-0.2, 0) is 28.7 Å². The number of anilines is 1. The van der Waals surface area contributed by atoms with E-state index in [1.54, 1.807) is 17.0 Å². The van der Waals surface area contributed by atoms with Crippen molar-refractivity contribution < 1.29 is 38.2 Å². The van der Waals surface area contributed by atoms with Gasteiger partial charge in [-0.1, -0.05) is 91.0 Å². The van der Waals surface area contributed by atoms with Crippen LogP contribution in [0.2, 0.25) is 0 Å². The van der Waals surface area contributed by atoms with E-state index < -0.39 is 42.9 Å². The summed E-state index contributed by atoms with van der Waals surface area (Å²) in [5.41, 5.74) is 7.81. The molecule has 4 aromatic rings. The predicted octanol–water partition coefficient (Wildman–Crippen LogP) is 8.60. The fraction of sp³-hybridized carbons (Fsp3) is 0.286. The molecule has 0 aromatic heterocycles. The van der Waals surface area contributed by atoms with E-state index in [9.17, 15) is 24.0 Å². The summed E-state index contributed by atoms with van der Waals surface area (Å²) in [7, 11) is 0. The Balaban J connectivity index is 1.05. The Morgan fingerprint density at radius 1 is 0.758 bits per heavy atom. The Hall–Kier alpha value is -6.17. The van der Waals surface area contributed by atoms with Crippen molar-refractivity contribution in [3.63, 3.8) is 0 Å². The lowest BCUT2D eigenvalue weighted by molar-refractivity contribution is -0.137. The van der Waals surface area contributed by atoms with Crippen molar-refractivity contribution >= 4 is 69.5 Å². The molecule has 3 amide bonds. The monoisotopic (exact) mass is 871 g/mol. The Morgan fingerprint density at radius 3 is 2.03 bits per heavy atom. The van der Waals surface area contributed by atoms with Crippen LogP contribution >= 0.6 is 23.2 Å². The summed E-state index contributed by atoms with van der Waals surface area (Å²) in [5.74, 6) is -1.80. The molecule has 9 rings (SSSR count). The van der Waals surface area contributed by atoms with Crippen LogP contribution in [0.1, 0.15) is 48.8 Å². The zero-order chi connectivity index (χ0) is 43.2. The number of allylic oxidation sites excluding steroid dienone is 5. The van der Waals surface area contributed by atoms with Crippen LogP contribution < -0.4 is 9.64 Å². The molecule has 0 bridgehead atoms. The molecular formula is C49H43Cl2N3O8. The number of hydrogen-bond donors (Lipinski definition) is 0. The Bertz CT molecular complexity index is 2640. The van der Waals surface area contributed by atoms with E-state index in [1.807, 2.05) is 91.0 Å². The van der Waals surface area contributed by atoms with Crippen LogP contribution in [-0.4, -0.2) is 84.2 Å². The molecular weight excluding hydrogens is 829 g/mol. The molecule has 62 heavy (non-hydrogen) atoms. The third-order valence-electron chi connectivity index (χ3n) is 12.3. The topological polar surface area (TPSA) is 123 Å². The number of carbonyl (C=O) groups excluding carboxylic acids is 5. The first-order valence-corrected chi connectivity index (χ1v) is 21.7. The summed E-state index contributed by atoms with van der Waals surface area (Å²) in [6.45, 7) is 2.01. The third-order valence-corrected chi connectivity index (χ3v) is 13.1. The number of esters is 2. The van der Waals surface area contributed by atoms with Gasteiger partial charge in [0.25, 0.3) is 0 Å². The first-order chi connectivity index (χ1) is 30.1. The highest BCUT2D eigenvalue weighted by atomic mass is 35.5. The Morgan fingerprint density at radius 2 is 1.37 bits per heavy atom. The molecule has 11 nitrogen and oxygen atoms in total. The number of carbonyl (C=O) groups is 5. The Labute approximate surface area is 368 Å². The molecule has 0 saturated carbocycles. The van der Waals surface area contributed by atoms with Crippen molar-refractivity contribution in [3.05, 3.63) is 142 Å².